The fraction of sp³-hybridized carbons (Fsp3) is 0.781. The summed E-state index contributed by atoms with van der Waals surface area (Å²) in [5.74, 6) is -2.24. The van der Waals surface area contributed by atoms with Crippen LogP contribution in [0.2, 0.25) is 18.1 Å². The highest BCUT2D eigenvalue weighted by atomic mass is 31.2. The Morgan fingerprint density at radius 1 is 1.10 bits per heavy atom. The Labute approximate surface area is 285 Å². The van der Waals surface area contributed by atoms with E-state index in [0.717, 1.165) is 19.3 Å². The molecule has 0 bridgehead atoms. The molecule has 16 heteroatoms. The lowest BCUT2D eigenvalue weighted by Gasteiger charge is -2.42. The molecule has 14 nitrogen and oxygen atoms in total. The van der Waals surface area contributed by atoms with Crippen LogP contribution in [0.25, 0.3) is 0 Å². The SMILES string of the molecule is CC(C)N(C(C)C)P(OCCC#N)O[C@H]1[C@@H](O[Si](C)(C)C(C)(C)C)[C@H](n2ccc(=O)[nH]c2=O)O[C@@H]1COC(=O)C(=O)OC1CCCCC1. The number of aromatic amines is 1. The Hall–Kier alpha value is -2.44. The molecular weight excluding hydrogens is 659 g/mol. The van der Waals surface area contributed by atoms with Crippen molar-refractivity contribution >= 4 is 28.8 Å². The molecule has 2 aliphatic rings. The fourth-order valence-electron chi connectivity index (χ4n) is 5.46. The number of nitriles is 1. The molecule has 1 aliphatic heterocycles. The molecule has 1 aromatic rings. The lowest BCUT2D eigenvalue weighted by molar-refractivity contribution is -0.174. The van der Waals surface area contributed by atoms with E-state index in [0.29, 0.717) is 12.8 Å². The Morgan fingerprint density at radius 2 is 1.75 bits per heavy atom. The van der Waals surface area contributed by atoms with Gasteiger partial charge < -0.3 is 27.7 Å². The number of ether oxygens (including phenoxy) is 3. The predicted molar refractivity (Wildman–Crippen MR) is 181 cm³/mol. The number of hydrogen-bond donors (Lipinski definition) is 1. The van der Waals surface area contributed by atoms with Gasteiger partial charge in [0.25, 0.3) is 14.1 Å². The molecule has 270 valence electrons. The maximum absolute atomic E-state index is 13.1. The van der Waals surface area contributed by atoms with Crippen molar-refractivity contribution in [2.45, 2.75) is 148 Å². The second-order valence-electron chi connectivity index (χ2n) is 14.3. The van der Waals surface area contributed by atoms with Gasteiger partial charge in [-0.05, 0) is 71.5 Å². The molecule has 0 amide bonds. The molecule has 1 saturated carbocycles. The van der Waals surface area contributed by atoms with Crippen LogP contribution < -0.4 is 11.2 Å². The highest BCUT2D eigenvalue weighted by Gasteiger charge is 2.54. The number of rotatable bonds is 14. The third-order valence-corrected chi connectivity index (χ3v) is 15.5. The zero-order valence-corrected chi connectivity index (χ0v) is 31.6. The van der Waals surface area contributed by atoms with Crippen molar-refractivity contribution in [2.24, 2.45) is 0 Å². The first-order valence-corrected chi connectivity index (χ1v) is 20.8. The van der Waals surface area contributed by atoms with Crippen molar-refractivity contribution in [3.05, 3.63) is 33.1 Å². The fourth-order valence-corrected chi connectivity index (χ4v) is 8.51. The van der Waals surface area contributed by atoms with E-state index < -0.39 is 71.2 Å². The summed E-state index contributed by atoms with van der Waals surface area (Å²) in [6.45, 7) is 18.0. The maximum Gasteiger partial charge on any atom is 0.417 e. The molecule has 3 rings (SSSR count). The van der Waals surface area contributed by atoms with Crippen LogP contribution in [-0.2, 0) is 37.3 Å². The van der Waals surface area contributed by atoms with Crippen LogP contribution in [0.3, 0.4) is 0 Å². The van der Waals surface area contributed by atoms with Crippen molar-refractivity contribution in [1.29, 1.82) is 5.26 Å². The molecule has 0 spiro atoms. The van der Waals surface area contributed by atoms with Crippen LogP contribution in [0.5, 0.6) is 0 Å². The van der Waals surface area contributed by atoms with Crippen LogP contribution >= 0.6 is 8.53 Å². The van der Waals surface area contributed by atoms with Gasteiger partial charge in [0.2, 0.25) is 0 Å². The number of nitrogens with one attached hydrogen (secondary N) is 1. The van der Waals surface area contributed by atoms with Gasteiger partial charge in [-0.15, -0.1) is 0 Å². The van der Waals surface area contributed by atoms with Gasteiger partial charge in [0.05, 0.1) is 19.1 Å². The molecule has 5 atom stereocenters. The standard InChI is InChI=1S/C32H53N4O10PSi/c1-21(2)36(22(3)4)47(42-19-13-17-33)45-26-24(20-41-29(38)30(39)43-23-14-11-10-12-15-23)44-28(35-18-16-25(37)34-31(35)40)27(26)46-48(8,9)32(5,6)7/h16,18,21-24,26-28H,10-15,19-20H2,1-9H3,(H,34,37,40)/t24-,26-,27-,28-,47?/m1/s1. The summed E-state index contributed by atoms with van der Waals surface area (Å²) in [4.78, 5) is 52.9. The number of aromatic nitrogens is 2. The first-order chi connectivity index (χ1) is 22.5. The van der Waals surface area contributed by atoms with Gasteiger partial charge in [0.1, 0.15) is 31.0 Å². The lowest BCUT2D eigenvalue weighted by atomic mass is 9.98. The summed E-state index contributed by atoms with van der Waals surface area (Å²) in [7, 11) is -4.44. The summed E-state index contributed by atoms with van der Waals surface area (Å²) in [5, 5.41) is 8.97. The number of esters is 2. The largest absolute Gasteiger partial charge is 0.454 e. The number of hydrogen-bond acceptors (Lipinski definition) is 12. The van der Waals surface area contributed by atoms with Gasteiger partial charge in [0, 0.05) is 24.3 Å². The molecular formula is C32H53N4O10PSi. The van der Waals surface area contributed by atoms with Crippen LogP contribution in [-0.4, -0.2) is 84.2 Å². The molecule has 48 heavy (non-hydrogen) atoms. The average molecular weight is 713 g/mol. The third kappa shape index (κ3) is 10.5. The highest BCUT2D eigenvalue weighted by Crippen LogP contribution is 2.51. The van der Waals surface area contributed by atoms with E-state index in [2.05, 4.69) is 31.8 Å². The monoisotopic (exact) mass is 712 g/mol. The number of carbonyl (C=O) groups is 2. The predicted octanol–water partition coefficient (Wildman–Crippen LogP) is 4.90. The van der Waals surface area contributed by atoms with E-state index in [4.69, 9.17) is 27.7 Å². The van der Waals surface area contributed by atoms with Crippen LogP contribution in [0.1, 0.15) is 93.2 Å². The van der Waals surface area contributed by atoms with E-state index in [-0.39, 0.29) is 36.3 Å². The summed E-state index contributed by atoms with van der Waals surface area (Å²) >= 11 is 0. The average Bonchev–Trinajstić information content (AvgIpc) is 3.30. The molecule has 0 radical (unpaired) electrons. The van der Waals surface area contributed by atoms with E-state index >= 15 is 0 Å². The second-order valence-corrected chi connectivity index (χ2v) is 20.5. The van der Waals surface area contributed by atoms with E-state index in [9.17, 15) is 24.4 Å². The van der Waals surface area contributed by atoms with Crippen molar-refractivity contribution in [3.8, 4) is 6.07 Å². The Balaban J connectivity index is 2.04. The first kappa shape index (κ1) is 40.0. The van der Waals surface area contributed by atoms with Gasteiger partial charge in [-0.1, -0.05) is 27.2 Å². The number of H-pyrrole nitrogens is 1. The number of nitrogens with zero attached hydrogens (tertiary/aromatic N) is 3. The second kappa shape index (κ2) is 17.5. The van der Waals surface area contributed by atoms with E-state index in [1.165, 1.54) is 16.8 Å². The van der Waals surface area contributed by atoms with Gasteiger partial charge in [-0.2, -0.15) is 5.26 Å². The quantitative estimate of drug-likeness (QED) is 0.0911. The molecule has 1 aromatic heterocycles. The smallest absolute Gasteiger partial charge is 0.417 e. The van der Waals surface area contributed by atoms with Crippen LogP contribution in [0.15, 0.2) is 21.9 Å². The van der Waals surface area contributed by atoms with Gasteiger partial charge >= 0.3 is 17.6 Å². The highest BCUT2D eigenvalue weighted by molar-refractivity contribution is 7.44. The zero-order valence-electron chi connectivity index (χ0n) is 29.7. The summed E-state index contributed by atoms with van der Waals surface area (Å²) in [5.41, 5.74) is -1.30. The van der Waals surface area contributed by atoms with Crippen LogP contribution in [0, 0.1) is 11.3 Å². The molecule has 1 unspecified atom stereocenters. The minimum atomic E-state index is -2.60. The van der Waals surface area contributed by atoms with Gasteiger partial charge in [-0.3, -0.25) is 14.3 Å². The summed E-state index contributed by atoms with van der Waals surface area (Å²) in [6.07, 6.45) is 1.39. The topological polar surface area (TPSA) is 171 Å². The zero-order chi connectivity index (χ0) is 35.8. The lowest BCUT2D eigenvalue weighted by Crippen LogP contribution is -2.50. The number of carbonyl (C=O) groups excluding carboxylic acids is 2. The Bertz CT molecular complexity index is 1370. The molecule has 2 fully saturated rings. The molecule has 1 saturated heterocycles. The molecule has 1 N–H and O–H groups in total. The Kier molecular flexibility index (Phi) is 14.6. The third-order valence-electron chi connectivity index (χ3n) is 8.89. The van der Waals surface area contributed by atoms with E-state index in [1.54, 1.807) is 0 Å². The van der Waals surface area contributed by atoms with Crippen molar-refractivity contribution < 1.29 is 37.3 Å². The van der Waals surface area contributed by atoms with Gasteiger partial charge in [0.15, 0.2) is 14.5 Å². The molecule has 2 heterocycles. The molecule has 0 aromatic carbocycles. The van der Waals surface area contributed by atoms with Crippen LogP contribution in [0.4, 0.5) is 0 Å². The van der Waals surface area contributed by atoms with Crippen molar-refractivity contribution in [3.63, 3.8) is 0 Å². The summed E-state index contributed by atoms with van der Waals surface area (Å²) in [6, 6.07) is 3.25. The first-order valence-electron chi connectivity index (χ1n) is 16.7. The van der Waals surface area contributed by atoms with Gasteiger partial charge in [-0.25, -0.2) is 19.1 Å². The minimum absolute atomic E-state index is 0.0243. The summed E-state index contributed by atoms with van der Waals surface area (Å²) < 4.78 is 40.5. The van der Waals surface area contributed by atoms with E-state index in [1.807, 2.05) is 45.5 Å². The normalized spacial score (nSPS) is 23.0. The minimum Gasteiger partial charge on any atom is -0.454 e. The van der Waals surface area contributed by atoms with Crippen molar-refractivity contribution in [2.75, 3.05) is 13.2 Å². The maximum atomic E-state index is 13.1. The molecule has 1 aliphatic carbocycles. The Morgan fingerprint density at radius 3 is 2.31 bits per heavy atom. The van der Waals surface area contributed by atoms with Crippen molar-refractivity contribution in [1.82, 2.24) is 14.2 Å².